The highest BCUT2D eigenvalue weighted by Crippen LogP contribution is 2.45. The molecule has 0 bridgehead atoms. The Morgan fingerprint density at radius 2 is 1.75 bits per heavy atom. The van der Waals surface area contributed by atoms with Gasteiger partial charge in [-0.3, -0.25) is 9.59 Å². The maximum atomic E-state index is 13.7. The van der Waals surface area contributed by atoms with Crippen LogP contribution in [0.15, 0.2) is 16.6 Å². The van der Waals surface area contributed by atoms with Gasteiger partial charge in [0.15, 0.2) is 0 Å². The third-order valence-corrected chi connectivity index (χ3v) is 4.96. The van der Waals surface area contributed by atoms with Crippen LogP contribution in [0.25, 0.3) is 0 Å². The van der Waals surface area contributed by atoms with E-state index in [9.17, 15) is 14.0 Å². The molecule has 3 nitrogen and oxygen atoms in total. The van der Waals surface area contributed by atoms with Crippen LogP contribution >= 0.6 is 15.9 Å². The molecule has 1 aliphatic heterocycles. The molecule has 2 aliphatic rings. The molecule has 2 fully saturated rings. The van der Waals surface area contributed by atoms with E-state index < -0.39 is 5.82 Å². The minimum Gasteiger partial charge on any atom is -0.274 e. The van der Waals surface area contributed by atoms with Crippen molar-refractivity contribution in [2.75, 3.05) is 4.90 Å². The lowest BCUT2D eigenvalue weighted by Crippen LogP contribution is -2.32. The molecule has 0 aromatic heterocycles. The van der Waals surface area contributed by atoms with Crippen LogP contribution < -0.4 is 4.90 Å². The molecule has 1 saturated heterocycles. The van der Waals surface area contributed by atoms with Gasteiger partial charge in [-0.2, -0.15) is 0 Å². The first kappa shape index (κ1) is 13.7. The molecule has 106 valence electrons. The fraction of sp³-hybridized carbons (Fsp3) is 0.467. The van der Waals surface area contributed by atoms with Gasteiger partial charge in [0.1, 0.15) is 5.82 Å². The Morgan fingerprint density at radius 1 is 1.20 bits per heavy atom. The fourth-order valence-corrected chi connectivity index (χ4v) is 3.85. The van der Waals surface area contributed by atoms with Gasteiger partial charge in [-0.25, -0.2) is 9.29 Å². The van der Waals surface area contributed by atoms with Crippen molar-refractivity contribution in [3.8, 4) is 0 Å². The number of carbonyl (C=O) groups is 2. The van der Waals surface area contributed by atoms with Crippen LogP contribution in [-0.2, 0) is 9.59 Å². The molecule has 0 radical (unpaired) electrons. The van der Waals surface area contributed by atoms with Crippen LogP contribution in [0.3, 0.4) is 0 Å². The highest BCUT2D eigenvalue weighted by molar-refractivity contribution is 9.10. The van der Waals surface area contributed by atoms with Gasteiger partial charge < -0.3 is 0 Å². The topological polar surface area (TPSA) is 37.4 Å². The van der Waals surface area contributed by atoms with E-state index in [1.165, 1.54) is 11.0 Å². The zero-order valence-electron chi connectivity index (χ0n) is 11.3. The van der Waals surface area contributed by atoms with Gasteiger partial charge in [-0.1, -0.05) is 6.92 Å². The normalized spacial score (nSPS) is 29.2. The van der Waals surface area contributed by atoms with Crippen LogP contribution in [-0.4, -0.2) is 11.8 Å². The van der Waals surface area contributed by atoms with Gasteiger partial charge in [0, 0.05) is 0 Å². The molecular weight excluding hydrogens is 325 g/mol. The van der Waals surface area contributed by atoms with E-state index >= 15 is 0 Å². The lowest BCUT2D eigenvalue weighted by molar-refractivity contribution is -0.123. The van der Waals surface area contributed by atoms with Gasteiger partial charge in [0.25, 0.3) is 0 Å². The molecule has 2 atom stereocenters. The highest BCUT2D eigenvalue weighted by atomic mass is 79.9. The van der Waals surface area contributed by atoms with Crippen molar-refractivity contribution in [2.24, 2.45) is 17.8 Å². The van der Waals surface area contributed by atoms with Crippen molar-refractivity contribution in [1.29, 1.82) is 0 Å². The Labute approximate surface area is 125 Å². The molecule has 5 heteroatoms. The molecule has 1 aliphatic carbocycles. The van der Waals surface area contributed by atoms with Gasteiger partial charge in [0.05, 0.1) is 22.0 Å². The van der Waals surface area contributed by atoms with Gasteiger partial charge in [0.2, 0.25) is 11.8 Å². The monoisotopic (exact) mass is 339 g/mol. The predicted octanol–water partition coefficient (Wildman–Crippen LogP) is 3.43. The largest absolute Gasteiger partial charge is 0.274 e. The average Bonchev–Trinajstić information content (AvgIpc) is 2.85. The predicted molar refractivity (Wildman–Crippen MR) is 76.7 cm³/mol. The molecule has 0 N–H and O–H groups in total. The number of nitrogens with zero attached hydrogens (tertiary/aromatic N) is 1. The van der Waals surface area contributed by atoms with E-state index in [4.69, 9.17) is 0 Å². The maximum absolute atomic E-state index is 13.7. The summed E-state index contributed by atoms with van der Waals surface area (Å²) in [6.07, 6.45) is 1.51. The number of imide groups is 1. The first-order chi connectivity index (χ1) is 9.40. The number of benzene rings is 1. The van der Waals surface area contributed by atoms with E-state index in [0.29, 0.717) is 21.6 Å². The van der Waals surface area contributed by atoms with Crippen molar-refractivity contribution >= 4 is 33.4 Å². The summed E-state index contributed by atoms with van der Waals surface area (Å²) in [4.78, 5) is 26.1. The number of fused-ring (bicyclic) bond motifs is 1. The van der Waals surface area contributed by atoms with Gasteiger partial charge >= 0.3 is 0 Å². The summed E-state index contributed by atoms with van der Waals surface area (Å²) >= 11 is 3.11. The van der Waals surface area contributed by atoms with Crippen molar-refractivity contribution in [3.05, 3.63) is 28.0 Å². The lowest BCUT2D eigenvalue weighted by Gasteiger charge is -2.19. The summed E-state index contributed by atoms with van der Waals surface area (Å²) in [5, 5.41) is 0. The minimum absolute atomic E-state index is 0.172. The van der Waals surface area contributed by atoms with E-state index in [2.05, 4.69) is 22.9 Å². The Kier molecular flexibility index (Phi) is 3.20. The number of rotatable bonds is 1. The van der Waals surface area contributed by atoms with Crippen molar-refractivity contribution in [2.45, 2.75) is 26.7 Å². The second kappa shape index (κ2) is 4.65. The molecule has 1 heterocycles. The van der Waals surface area contributed by atoms with Crippen molar-refractivity contribution in [1.82, 2.24) is 0 Å². The standard InChI is InChI=1S/C15H15BrFNO2/c1-7-3-9-10(4-7)15(20)18(14(9)19)13-6-12(17)11(16)5-8(13)2/h5-7,9-10H,3-4H2,1-2H3. The second-order valence-electron chi connectivity index (χ2n) is 5.85. The summed E-state index contributed by atoms with van der Waals surface area (Å²) < 4.78 is 14.1. The summed E-state index contributed by atoms with van der Waals surface area (Å²) in [5.41, 5.74) is 1.09. The van der Waals surface area contributed by atoms with Crippen LogP contribution in [0.5, 0.6) is 0 Å². The van der Waals surface area contributed by atoms with Gasteiger partial charge in [-0.05, 0) is 59.3 Å². The second-order valence-corrected chi connectivity index (χ2v) is 6.71. The Hall–Kier alpha value is -1.23. The summed E-state index contributed by atoms with van der Waals surface area (Å²) in [7, 11) is 0. The number of carbonyl (C=O) groups excluding carboxylic acids is 2. The number of halogens is 2. The SMILES string of the molecule is Cc1cc(Br)c(F)cc1N1C(=O)C2CC(C)CC2C1=O. The third-order valence-electron chi connectivity index (χ3n) is 4.35. The molecule has 0 spiro atoms. The summed E-state index contributed by atoms with van der Waals surface area (Å²) in [6.45, 7) is 3.84. The summed E-state index contributed by atoms with van der Waals surface area (Å²) in [5.74, 6) is -0.838. The smallest absolute Gasteiger partial charge is 0.237 e. The number of hydrogen-bond donors (Lipinski definition) is 0. The zero-order chi connectivity index (χ0) is 14.6. The molecule has 1 aromatic rings. The Balaban J connectivity index is 2.02. The first-order valence-corrected chi connectivity index (χ1v) is 7.53. The molecule has 3 rings (SSSR count). The quantitative estimate of drug-likeness (QED) is 0.735. The number of anilines is 1. The number of aryl methyl sites for hydroxylation is 1. The molecule has 1 saturated carbocycles. The number of hydrogen-bond acceptors (Lipinski definition) is 2. The third kappa shape index (κ3) is 1.91. The van der Waals surface area contributed by atoms with E-state index in [1.54, 1.807) is 13.0 Å². The Bertz CT molecular complexity index is 592. The lowest BCUT2D eigenvalue weighted by atomic mass is 10.00. The highest BCUT2D eigenvalue weighted by Gasteiger charge is 2.52. The average molecular weight is 340 g/mol. The first-order valence-electron chi connectivity index (χ1n) is 6.73. The minimum atomic E-state index is -0.461. The molecule has 2 amide bonds. The van der Waals surface area contributed by atoms with Crippen LogP contribution in [0.2, 0.25) is 0 Å². The summed E-state index contributed by atoms with van der Waals surface area (Å²) in [6, 6.07) is 2.86. The molecule has 1 aromatic carbocycles. The van der Waals surface area contributed by atoms with E-state index in [1.807, 2.05) is 0 Å². The Morgan fingerprint density at radius 3 is 2.30 bits per heavy atom. The molecule has 20 heavy (non-hydrogen) atoms. The van der Waals surface area contributed by atoms with E-state index in [0.717, 1.165) is 12.8 Å². The molecule has 2 unspecified atom stereocenters. The van der Waals surface area contributed by atoms with Crippen molar-refractivity contribution in [3.63, 3.8) is 0 Å². The fourth-order valence-electron chi connectivity index (χ4n) is 3.39. The van der Waals surface area contributed by atoms with Gasteiger partial charge in [-0.15, -0.1) is 0 Å². The van der Waals surface area contributed by atoms with Crippen LogP contribution in [0.4, 0.5) is 10.1 Å². The van der Waals surface area contributed by atoms with Crippen LogP contribution in [0, 0.1) is 30.5 Å². The maximum Gasteiger partial charge on any atom is 0.237 e. The molecular formula is C15H15BrFNO2. The zero-order valence-corrected chi connectivity index (χ0v) is 12.9. The van der Waals surface area contributed by atoms with Crippen molar-refractivity contribution < 1.29 is 14.0 Å². The van der Waals surface area contributed by atoms with Crippen LogP contribution in [0.1, 0.15) is 25.3 Å². The van der Waals surface area contributed by atoms with E-state index in [-0.39, 0.29) is 23.7 Å². The number of amides is 2.